The molecular formula is C15H12O6. The fourth-order valence-corrected chi connectivity index (χ4v) is 2.35. The summed E-state index contributed by atoms with van der Waals surface area (Å²) in [5, 5.41) is 19.7. The topological polar surface area (TPSA) is 89.1 Å². The molecule has 108 valence electrons. The summed E-state index contributed by atoms with van der Waals surface area (Å²) in [7, 11) is 2.74. The number of rotatable bonds is 2. The van der Waals surface area contributed by atoms with Crippen LogP contribution in [0.4, 0.5) is 0 Å². The summed E-state index contributed by atoms with van der Waals surface area (Å²) in [6.45, 7) is 0. The largest absolute Gasteiger partial charge is 0.508 e. The molecule has 1 heterocycles. The molecule has 0 spiro atoms. The van der Waals surface area contributed by atoms with E-state index >= 15 is 0 Å². The number of ether oxygens (including phenoxy) is 2. The zero-order valence-electron chi connectivity index (χ0n) is 11.3. The first kappa shape index (κ1) is 13.1. The van der Waals surface area contributed by atoms with Crippen molar-refractivity contribution in [2.45, 2.75) is 0 Å². The molecule has 0 saturated carbocycles. The van der Waals surface area contributed by atoms with Gasteiger partial charge in [-0.1, -0.05) is 0 Å². The SMILES string of the molecule is COc1cc(O)cc2oc3ccc(O)c(OC)c3c(=O)c12. The van der Waals surface area contributed by atoms with Crippen LogP contribution in [0.3, 0.4) is 0 Å². The zero-order valence-corrected chi connectivity index (χ0v) is 11.3. The molecule has 0 unspecified atom stereocenters. The Balaban J connectivity index is 2.60. The third-order valence-corrected chi connectivity index (χ3v) is 3.25. The van der Waals surface area contributed by atoms with E-state index in [1.165, 1.54) is 38.5 Å². The lowest BCUT2D eigenvalue weighted by atomic mass is 10.1. The van der Waals surface area contributed by atoms with Gasteiger partial charge in [0, 0.05) is 12.1 Å². The predicted octanol–water partition coefficient (Wildman–Crippen LogP) is 2.37. The van der Waals surface area contributed by atoms with Crippen molar-refractivity contribution in [1.29, 1.82) is 0 Å². The van der Waals surface area contributed by atoms with E-state index in [1.54, 1.807) is 0 Å². The minimum atomic E-state index is -0.407. The third-order valence-electron chi connectivity index (χ3n) is 3.25. The Hall–Kier alpha value is -2.89. The van der Waals surface area contributed by atoms with Gasteiger partial charge in [-0.25, -0.2) is 0 Å². The zero-order chi connectivity index (χ0) is 15.1. The molecule has 0 amide bonds. The first-order chi connectivity index (χ1) is 10.1. The summed E-state index contributed by atoms with van der Waals surface area (Å²) in [5.41, 5.74) is 0.0303. The van der Waals surface area contributed by atoms with E-state index in [9.17, 15) is 15.0 Å². The summed E-state index contributed by atoms with van der Waals surface area (Å²) in [5.74, 6) is -0.00804. The minimum Gasteiger partial charge on any atom is -0.508 e. The molecule has 0 atom stereocenters. The van der Waals surface area contributed by atoms with Crippen molar-refractivity contribution in [3.05, 3.63) is 34.5 Å². The highest BCUT2D eigenvalue weighted by Crippen LogP contribution is 2.36. The van der Waals surface area contributed by atoms with Gasteiger partial charge in [0.2, 0.25) is 5.43 Å². The van der Waals surface area contributed by atoms with Crippen LogP contribution in [0.15, 0.2) is 33.5 Å². The summed E-state index contributed by atoms with van der Waals surface area (Å²) < 4.78 is 15.8. The average Bonchev–Trinajstić information content (AvgIpc) is 2.46. The van der Waals surface area contributed by atoms with Crippen molar-refractivity contribution in [2.24, 2.45) is 0 Å². The molecule has 0 aliphatic heterocycles. The summed E-state index contributed by atoms with van der Waals surface area (Å²) in [4.78, 5) is 12.7. The Bertz CT molecular complexity index is 910. The first-order valence-corrected chi connectivity index (χ1v) is 6.10. The smallest absolute Gasteiger partial charge is 0.208 e. The van der Waals surface area contributed by atoms with Crippen LogP contribution in [-0.4, -0.2) is 24.4 Å². The number of hydrogen-bond donors (Lipinski definition) is 2. The Morgan fingerprint density at radius 1 is 1.00 bits per heavy atom. The highest BCUT2D eigenvalue weighted by molar-refractivity contribution is 5.97. The maximum absolute atomic E-state index is 12.7. The van der Waals surface area contributed by atoms with Crippen molar-refractivity contribution in [3.8, 4) is 23.0 Å². The molecule has 2 N–H and O–H groups in total. The van der Waals surface area contributed by atoms with E-state index in [4.69, 9.17) is 13.9 Å². The lowest BCUT2D eigenvalue weighted by Crippen LogP contribution is -2.06. The van der Waals surface area contributed by atoms with Crippen molar-refractivity contribution in [1.82, 2.24) is 0 Å². The molecule has 0 fully saturated rings. The second-order valence-corrected chi connectivity index (χ2v) is 4.44. The molecule has 3 aromatic rings. The van der Waals surface area contributed by atoms with Crippen molar-refractivity contribution < 1.29 is 24.1 Å². The second kappa shape index (κ2) is 4.59. The lowest BCUT2D eigenvalue weighted by Gasteiger charge is -2.10. The summed E-state index contributed by atoms with van der Waals surface area (Å²) in [6, 6.07) is 5.49. The molecule has 6 heteroatoms. The van der Waals surface area contributed by atoms with Gasteiger partial charge in [0.15, 0.2) is 11.5 Å². The summed E-state index contributed by atoms with van der Waals surface area (Å²) >= 11 is 0. The van der Waals surface area contributed by atoms with Crippen LogP contribution in [0.5, 0.6) is 23.0 Å². The molecule has 0 aliphatic rings. The number of aromatic hydroxyl groups is 2. The fourth-order valence-electron chi connectivity index (χ4n) is 2.35. The van der Waals surface area contributed by atoms with Crippen LogP contribution in [0.1, 0.15) is 0 Å². The molecule has 21 heavy (non-hydrogen) atoms. The average molecular weight is 288 g/mol. The van der Waals surface area contributed by atoms with Gasteiger partial charge in [-0.2, -0.15) is 0 Å². The fraction of sp³-hybridized carbons (Fsp3) is 0.133. The third kappa shape index (κ3) is 1.84. The Morgan fingerprint density at radius 3 is 2.43 bits per heavy atom. The maximum Gasteiger partial charge on any atom is 0.208 e. The molecule has 2 aromatic carbocycles. The van der Waals surface area contributed by atoms with E-state index in [-0.39, 0.29) is 44.9 Å². The number of methoxy groups -OCH3 is 2. The number of phenolic OH excluding ortho intramolecular Hbond substituents is 2. The Labute approximate surface area is 118 Å². The number of fused-ring (bicyclic) bond motifs is 2. The predicted molar refractivity (Wildman–Crippen MR) is 76.4 cm³/mol. The molecule has 0 radical (unpaired) electrons. The lowest BCUT2D eigenvalue weighted by molar-refractivity contribution is 0.377. The van der Waals surface area contributed by atoms with E-state index in [1.807, 2.05) is 0 Å². The Kier molecular flexibility index (Phi) is 2.86. The van der Waals surface area contributed by atoms with Crippen molar-refractivity contribution >= 4 is 21.9 Å². The van der Waals surface area contributed by atoms with Crippen molar-refractivity contribution in [2.75, 3.05) is 14.2 Å². The second-order valence-electron chi connectivity index (χ2n) is 4.44. The van der Waals surface area contributed by atoms with Crippen LogP contribution < -0.4 is 14.9 Å². The van der Waals surface area contributed by atoms with Gasteiger partial charge in [-0.15, -0.1) is 0 Å². The minimum absolute atomic E-state index is 0.0401. The standard InChI is InChI=1S/C15H12O6/c1-19-10-5-7(16)6-11-12(10)14(18)13-9(21-11)4-3-8(17)15(13)20-2/h3-6,16-17H,1-2H3. The highest BCUT2D eigenvalue weighted by atomic mass is 16.5. The van der Waals surface area contributed by atoms with E-state index in [0.717, 1.165) is 0 Å². The van der Waals surface area contributed by atoms with Gasteiger partial charge in [0.05, 0.1) is 14.2 Å². The number of hydrogen-bond acceptors (Lipinski definition) is 6. The molecule has 0 bridgehead atoms. The van der Waals surface area contributed by atoms with E-state index < -0.39 is 5.43 Å². The molecule has 6 nitrogen and oxygen atoms in total. The first-order valence-electron chi connectivity index (χ1n) is 6.10. The van der Waals surface area contributed by atoms with E-state index in [0.29, 0.717) is 0 Å². The van der Waals surface area contributed by atoms with Gasteiger partial charge in [0.25, 0.3) is 0 Å². The van der Waals surface area contributed by atoms with Crippen LogP contribution in [-0.2, 0) is 0 Å². The van der Waals surface area contributed by atoms with Crippen LogP contribution in [0, 0.1) is 0 Å². The Morgan fingerprint density at radius 2 is 1.76 bits per heavy atom. The maximum atomic E-state index is 12.7. The molecule has 1 aromatic heterocycles. The van der Waals surface area contributed by atoms with Crippen molar-refractivity contribution in [3.63, 3.8) is 0 Å². The molecule has 0 aliphatic carbocycles. The highest BCUT2D eigenvalue weighted by Gasteiger charge is 2.18. The van der Waals surface area contributed by atoms with E-state index in [2.05, 4.69) is 0 Å². The van der Waals surface area contributed by atoms with Gasteiger partial charge < -0.3 is 24.1 Å². The normalized spacial score (nSPS) is 11.0. The monoisotopic (exact) mass is 288 g/mol. The van der Waals surface area contributed by atoms with Gasteiger partial charge in [0.1, 0.15) is 33.4 Å². The quantitative estimate of drug-likeness (QED) is 0.704. The molecule has 3 rings (SSSR count). The van der Waals surface area contributed by atoms with Crippen LogP contribution in [0.2, 0.25) is 0 Å². The van der Waals surface area contributed by atoms with Crippen LogP contribution in [0.25, 0.3) is 21.9 Å². The number of phenols is 2. The summed E-state index contributed by atoms with van der Waals surface area (Å²) in [6.07, 6.45) is 0. The van der Waals surface area contributed by atoms with Gasteiger partial charge in [-0.3, -0.25) is 4.79 Å². The van der Waals surface area contributed by atoms with Gasteiger partial charge >= 0.3 is 0 Å². The number of benzene rings is 2. The van der Waals surface area contributed by atoms with Gasteiger partial charge in [-0.05, 0) is 12.1 Å². The van der Waals surface area contributed by atoms with Crippen LogP contribution >= 0.6 is 0 Å². The molecule has 0 saturated heterocycles. The molecular weight excluding hydrogens is 276 g/mol.